The van der Waals surface area contributed by atoms with Crippen molar-refractivity contribution in [3.63, 3.8) is 0 Å². The fraction of sp³-hybridized carbons (Fsp3) is 0.684. The summed E-state index contributed by atoms with van der Waals surface area (Å²) in [4.78, 5) is 0. The molecule has 1 heterocycles. The van der Waals surface area contributed by atoms with E-state index in [0.717, 1.165) is 25.8 Å². The molecule has 2 heteroatoms. The molecule has 0 radical (unpaired) electrons. The third-order valence-electron chi connectivity index (χ3n) is 5.17. The van der Waals surface area contributed by atoms with Crippen LogP contribution in [0.5, 0.6) is 0 Å². The zero-order chi connectivity index (χ0) is 15.3. The standard InChI is InChI=1S/C19H29NO/c1-17(2)11-18(3,4)13-19(21,12-17)16-15-8-6-5-7-14(15)9-10-20-16/h5-8,16,20-21H,9-13H2,1-4H3. The molecule has 1 aromatic rings. The molecular weight excluding hydrogens is 258 g/mol. The predicted molar refractivity (Wildman–Crippen MR) is 87.3 cm³/mol. The molecule has 1 fully saturated rings. The highest BCUT2D eigenvalue weighted by Crippen LogP contribution is 2.54. The summed E-state index contributed by atoms with van der Waals surface area (Å²) in [6.07, 6.45) is 3.98. The Labute approximate surface area is 129 Å². The Balaban J connectivity index is 1.99. The Kier molecular flexibility index (Phi) is 3.46. The van der Waals surface area contributed by atoms with Crippen LogP contribution in [-0.4, -0.2) is 17.3 Å². The predicted octanol–water partition coefficient (Wildman–Crippen LogP) is 3.84. The van der Waals surface area contributed by atoms with Crippen molar-refractivity contribution in [2.24, 2.45) is 10.8 Å². The third-order valence-corrected chi connectivity index (χ3v) is 5.17. The van der Waals surface area contributed by atoms with Crippen molar-refractivity contribution in [3.8, 4) is 0 Å². The molecule has 3 rings (SSSR count). The van der Waals surface area contributed by atoms with Gasteiger partial charge < -0.3 is 10.4 Å². The van der Waals surface area contributed by atoms with E-state index in [1.807, 2.05) is 0 Å². The minimum absolute atomic E-state index is 0.0706. The first-order valence-electron chi connectivity index (χ1n) is 8.25. The number of fused-ring (bicyclic) bond motifs is 1. The molecule has 1 saturated carbocycles. The van der Waals surface area contributed by atoms with Gasteiger partial charge in [-0.2, -0.15) is 0 Å². The first-order valence-corrected chi connectivity index (χ1v) is 8.25. The van der Waals surface area contributed by atoms with Crippen molar-refractivity contribution in [1.82, 2.24) is 5.32 Å². The lowest BCUT2D eigenvalue weighted by Crippen LogP contribution is -2.54. The van der Waals surface area contributed by atoms with Gasteiger partial charge in [-0.25, -0.2) is 0 Å². The van der Waals surface area contributed by atoms with E-state index in [1.165, 1.54) is 17.5 Å². The minimum Gasteiger partial charge on any atom is -0.388 e. The molecule has 0 amide bonds. The molecule has 2 aliphatic rings. The van der Waals surface area contributed by atoms with Gasteiger partial charge in [-0.15, -0.1) is 0 Å². The maximum atomic E-state index is 11.6. The molecule has 0 bridgehead atoms. The van der Waals surface area contributed by atoms with E-state index in [0.29, 0.717) is 0 Å². The van der Waals surface area contributed by atoms with Crippen molar-refractivity contribution in [3.05, 3.63) is 35.4 Å². The van der Waals surface area contributed by atoms with Crippen LogP contribution in [0.25, 0.3) is 0 Å². The van der Waals surface area contributed by atoms with Crippen molar-refractivity contribution < 1.29 is 5.11 Å². The van der Waals surface area contributed by atoms with E-state index in [4.69, 9.17) is 0 Å². The third kappa shape index (κ3) is 2.89. The monoisotopic (exact) mass is 287 g/mol. The van der Waals surface area contributed by atoms with Gasteiger partial charge in [0, 0.05) is 0 Å². The number of benzene rings is 1. The number of hydrogen-bond acceptors (Lipinski definition) is 2. The molecule has 1 atom stereocenters. The van der Waals surface area contributed by atoms with Crippen LogP contribution in [0, 0.1) is 10.8 Å². The van der Waals surface area contributed by atoms with E-state index < -0.39 is 5.60 Å². The molecule has 2 N–H and O–H groups in total. The zero-order valence-electron chi connectivity index (χ0n) is 13.9. The maximum Gasteiger partial charge on any atom is 0.0851 e. The van der Waals surface area contributed by atoms with E-state index in [9.17, 15) is 5.11 Å². The fourth-order valence-electron chi connectivity index (χ4n) is 5.33. The lowest BCUT2D eigenvalue weighted by molar-refractivity contribution is -0.110. The number of nitrogens with one attached hydrogen (secondary N) is 1. The van der Waals surface area contributed by atoms with Crippen LogP contribution in [0.1, 0.15) is 64.1 Å². The van der Waals surface area contributed by atoms with E-state index in [-0.39, 0.29) is 16.9 Å². The topological polar surface area (TPSA) is 32.3 Å². The Hall–Kier alpha value is -0.860. The van der Waals surface area contributed by atoms with Crippen molar-refractivity contribution in [2.75, 3.05) is 6.54 Å². The second-order valence-electron chi connectivity index (χ2n) is 8.80. The summed E-state index contributed by atoms with van der Waals surface area (Å²) in [6, 6.07) is 8.69. The van der Waals surface area contributed by atoms with Gasteiger partial charge in [-0.1, -0.05) is 52.0 Å². The molecule has 116 valence electrons. The van der Waals surface area contributed by atoms with Crippen LogP contribution in [0.15, 0.2) is 24.3 Å². The average Bonchev–Trinajstić information content (AvgIpc) is 2.33. The smallest absolute Gasteiger partial charge is 0.0851 e. The molecule has 0 spiro atoms. The molecule has 2 nitrogen and oxygen atoms in total. The summed E-state index contributed by atoms with van der Waals surface area (Å²) in [5.74, 6) is 0. The van der Waals surface area contributed by atoms with Crippen molar-refractivity contribution >= 4 is 0 Å². The minimum atomic E-state index is -0.651. The SMILES string of the molecule is CC1(C)CC(C)(C)CC(O)(C2NCCc3ccccc32)C1. The molecule has 1 unspecified atom stereocenters. The number of hydrogen-bond donors (Lipinski definition) is 2. The normalized spacial score (nSPS) is 29.7. The summed E-state index contributed by atoms with van der Waals surface area (Å²) in [5.41, 5.74) is 2.42. The van der Waals surface area contributed by atoms with Gasteiger partial charge in [-0.3, -0.25) is 0 Å². The highest BCUT2D eigenvalue weighted by molar-refractivity contribution is 5.35. The average molecular weight is 287 g/mol. The van der Waals surface area contributed by atoms with Gasteiger partial charge in [-0.05, 0) is 54.2 Å². The number of rotatable bonds is 1. The molecule has 0 aromatic heterocycles. The molecule has 1 aromatic carbocycles. The largest absolute Gasteiger partial charge is 0.388 e. The highest BCUT2D eigenvalue weighted by Gasteiger charge is 2.51. The highest BCUT2D eigenvalue weighted by atomic mass is 16.3. The molecule has 21 heavy (non-hydrogen) atoms. The van der Waals surface area contributed by atoms with Crippen LogP contribution in [0.3, 0.4) is 0 Å². The summed E-state index contributed by atoms with van der Waals surface area (Å²) >= 11 is 0. The van der Waals surface area contributed by atoms with E-state index in [1.54, 1.807) is 0 Å². The summed E-state index contributed by atoms with van der Waals surface area (Å²) in [7, 11) is 0. The van der Waals surface area contributed by atoms with Gasteiger partial charge in [0.15, 0.2) is 0 Å². The quantitative estimate of drug-likeness (QED) is 0.822. The van der Waals surface area contributed by atoms with Crippen LogP contribution in [0.2, 0.25) is 0 Å². The Morgan fingerprint density at radius 1 is 1.00 bits per heavy atom. The van der Waals surface area contributed by atoms with Crippen LogP contribution >= 0.6 is 0 Å². The lowest BCUT2D eigenvalue weighted by atomic mass is 9.57. The van der Waals surface area contributed by atoms with Crippen LogP contribution in [0.4, 0.5) is 0 Å². The second kappa shape index (κ2) is 4.82. The zero-order valence-corrected chi connectivity index (χ0v) is 13.9. The van der Waals surface area contributed by atoms with Crippen molar-refractivity contribution in [2.45, 2.75) is 65.0 Å². The fourth-order valence-corrected chi connectivity index (χ4v) is 5.33. The van der Waals surface area contributed by atoms with Gasteiger partial charge in [0.05, 0.1) is 11.6 Å². The second-order valence-corrected chi connectivity index (χ2v) is 8.80. The maximum absolute atomic E-state index is 11.6. The summed E-state index contributed by atoms with van der Waals surface area (Å²) < 4.78 is 0. The molecule has 0 saturated heterocycles. The summed E-state index contributed by atoms with van der Waals surface area (Å²) in [5, 5.41) is 15.2. The van der Waals surface area contributed by atoms with Gasteiger partial charge in [0.1, 0.15) is 0 Å². The van der Waals surface area contributed by atoms with E-state index >= 15 is 0 Å². The summed E-state index contributed by atoms with van der Waals surface area (Å²) in [6.45, 7) is 10.2. The number of aliphatic hydroxyl groups is 1. The van der Waals surface area contributed by atoms with Gasteiger partial charge in [0.25, 0.3) is 0 Å². The van der Waals surface area contributed by atoms with Crippen LogP contribution in [-0.2, 0) is 6.42 Å². The van der Waals surface area contributed by atoms with Gasteiger partial charge in [0.2, 0.25) is 0 Å². The first kappa shape index (κ1) is 15.1. The molecular formula is C19H29NO. The van der Waals surface area contributed by atoms with E-state index in [2.05, 4.69) is 57.3 Å². The van der Waals surface area contributed by atoms with Crippen LogP contribution < -0.4 is 5.32 Å². The Bertz CT molecular complexity index is 516. The Morgan fingerprint density at radius 2 is 1.62 bits per heavy atom. The molecule has 1 aliphatic carbocycles. The lowest BCUT2D eigenvalue weighted by Gasteiger charge is -2.53. The van der Waals surface area contributed by atoms with Crippen molar-refractivity contribution in [1.29, 1.82) is 0 Å². The molecule has 1 aliphatic heterocycles. The van der Waals surface area contributed by atoms with Gasteiger partial charge >= 0.3 is 0 Å². The first-order chi connectivity index (χ1) is 9.71. The Morgan fingerprint density at radius 3 is 2.29 bits per heavy atom.